The maximum atomic E-state index is 13.3. The standard InChI is InChI=1S/C25H19N5O5S/c1-14-6-8-15(9-7-14)12-36-25-27-24(31)22-16-4-2-3-5-18(16)26-23(29(22)28-25)17-10-20-21(35-13-34-20)11-19(17)30(32)33/h2-11,23H,12-13H2,1H3,(H,27,28,31). The zero-order chi connectivity index (χ0) is 24.8. The summed E-state index contributed by atoms with van der Waals surface area (Å²) in [4.78, 5) is 29.6. The van der Waals surface area contributed by atoms with E-state index in [1.807, 2.05) is 37.3 Å². The Labute approximate surface area is 209 Å². The minimum absolute atomic E-state index is 0.0258. The minimum Gasteiger partial charge on any atom is -0.454 e. The Hall–Kier alpha value is -4.38. The largest absolute Gasteiger partial charge is 0.454 e. The Bertz CT molecular complexity index is 1570. The van der Waals surface area contributed by atoms with Crippen LogP contribution in [0.25, 0.3) is 5.70 Å². The minimum atomic E-state index is -0.953. The molecule has 3 aromatic rings. The van der Waals surface area contributed by atoms with Crippen LogP contribution in [0.1, 0.15) is 22.9 Å². The molecule has 180 valence electrons. The van der Waals surface area contributed by atoms with Gasteiger partial charge in [-0.25, -0.2) is 5.01 Å². The summed E-state index contributed by atoms with van der Waals surface area (Å²) in [6.45, 7) is 1.99. The molecule has 0 bridgehead atoms. The van der Waals surface area contributed by atoms with Crippen molar-refractivity contribution in [3.63, 3.8) is 0 Å². The number of para-hydroxylation sites is 1. The summed E-state index contributed by atoms with van der Waals surface area (Å²) in [7, 11) is 0. The van der Waals surface area contributed by atoms with E-state index in [0.717, 1.165) is 11.1 Å². The molecule has 1 atom stereocenters. The highest BCUT2D eigenvalue weighted by atomic mass is 32.2. The van der Waals surface area contributed by atoms with E-state index in [2.05, 4.69) is 5.32 Å². The number of carbonyl (C=O) groups excluding carboxylic acids is 1. The van der Waals surface area contributed by atoms with E-state index in [9.17, 15) is 14.9 Å². The van der Waals surface area contributed by atoms with Gasteiger partial charge < -0.3 is 9.47 Å². The Balaban J connectivity index is 1.46. The third-order valence-electron chi connectivity index (χ3n) is 6.01. The van der Waals surface area contributed by atoms with Crippen LogP contribution in [0.15, 0.2) is 70.8 Å². The highest BCUT2D eigenvalue weighted by Crippen LogP contribution is 2.43. The van der Waals surface area contributed by atoms with Crippen molar-refractivity contribution < 1.29 is 19.2 Å². The molecule has 0 radical (unpaired) electrons. The number of hydrazone groups is 1. The van der Waals surface area contributed by atoms with Gasteiger partial charge in [-0.2, -0.15) is 0 Å². The molecular weight excluding hydrogens is 482 g/mol. The van der Waals surface area contributed by atoms with Gasteiger partial charge in [-0.05, 0) is 24.6 Å². The molecule has 6 rings (SSSR count). The lowest BCUT2D eigenvalue weighted by Crippen LogP contribution is -2.50. The maximum Gasteiger partial charge on any atom is 0.280 e. The third kappa shape index (κ3) is 3.83. The number of carbonyl (C=O) groups is 1. The van der Waals surface area contributed by atoms with Gasteiger partial charge in [0.05, 0.1) is 21.9 Å². The van der Waals surface area contributed by atoms with Crippen molar-refractivity contribution in [2.75, 3.05) is 6.79 Å². The Morgan fingerprint density at radius 1 is 1.14 bits per heavy atom. The molecule has 3 aromatic carbocycles. The van der Waals surface area contributed by atoms with Crippen LogP contribution in [0.3, 0.4) is 0 Å². The lowest BCUT2D eigenvalue weighted by atomic mass is 10.1. The fourth-order valence-corrected chi connectivity index (χ4v) is 5.05. The fraction of sp³-hybridized carbons (Fsp3) is 0.160. The molecule has 0 aliphatic carbocycles. The smallest absolute Gasteiger partial charge is 0.280 e. The van der Waals surface area contributed by atoms with Gasteiger partial charge in [0.2, 0.25) is 6.79 Å². The maximum absolute atomic E-state index is 13.3. The van der Waals surface area contributed by atoms with Crippen molar-refractivity contribution in [2.45, 2.75) is 18.8 Å². The lowest BCUT2D eigenvalue weighted by molar-refractivity contribution is -0.386. The molecule has 0 aromatic heterocycles. The summed E-state index contributed by atoms with van der Waals surface area (Å²) in [6, 6.07) is 18.1. The van der Waals surface area contributed by atoms with E-state index in [0.29, 0.717) is 33.0 Å². The zero-order valence-electron chi connectivity index (χ0n) is 19.0. The van der Waals surface area contributed by atoms with Gasteiger partial charge in [0.1, 0.15) is 5.70 Å². The number of nitro benzene ring substituents is 1. The first-order valence-electron chi connectivity index (χ1n) is 11.1. The second-order valence-electron chi connectivity index (χ2n) is 8.37. The van der Waals surface area contributed by atoms with E-state index in [-0.39, 0.29) is 29.6 Å². The highest BCUT2D eigenvalue weighted by Gasteiger charge is 2.38. The molecule has 1 unspecified atom stereocenters. The number of amides is 1. The fourth-order valence-electron chi connectivity index (χ4n) is 4.24. The first-order chi connectivity index (χ1) is 17.5. The number of thioether (sulfide) groups is 1. The first-order valence-corrected chi connectivity index (χ1v) is 12.1. The number of hydrogen-bond donors (Lipinski definition) is 1. The number of fused-ring (bicyclic) bond motifs is 3. The second kappa shape index (κ2) is 8.68. The Morgan fingerprint density at radius 3 is 2.67 bits per heavy atom. The normalized spacial score (nSPS) is 17.5. The molecule has 1 amide bonds. The molecule has 1 N–H and O–H groups in total. The van der Waals surface area contributed by atoms with Gasteiger partial charge in [-0.15, -0.1) is 5.10 Å². The van der Waals surface area contributed by atoms with Crippen LogP contribution >= 0.6 is 11.8 Å². The number of ether oxygens (including phenoxy) is 2. The molecule has 0 saturated carbocycles. The molecule has 3 aliphatic heterocycles. The van der Waals surface area contributed by atoms with Crippen molar-refractivity contribution in [1.82, 2.24) is 10.3 Å². The number of nitrogens with one attached hydrogen (secondary N) is 1. The number of amidine groups is 1. The molecule has 0 fully saturated rings. The zero-order valence-corrected chi connectivity index (χ0v) is 19.8. The van der Waals surface area contributed by atoms with Crippen LogP contribution in [-0.2, 0) is 10.5 Å². The molecule has 36 heavy (non-hydrogen) atoms. The van der Waals surface area contributed by atoms with Crippen LogP contribution in [0.4, 0.5) is 5.69 Å². The average Bonchev–Trinajstić information content (AvgIpc) is 3.34. The second-order valence-corrected chi connectivity index (χ2v) is 9.33. The average molecular weight is 502 g/mol. The number of benzene rings is 3. The molecule has 11 heteroatoms. The van der Waals surface area contributed by atoms with Crippen LogP contribution in [0, 0.1) is 17.0 Å². The number of nitrogens with zero attached hydrogens (tertiary/aromatic N) is 4. The van der Waals surface area contributed by atoms with E-state index in [1.165, 1.54) is 22.8 Å². The lowest BCUT2D eigenvalue weighted by Gasteiger charge is -2.33. The monoisotopic (exact) mass is 501 g/mol. The molecule has 0 spiro atoms. The van der Waals surface area contributed by atoms with Crippen molar-refractivity contribution in [3.05, 3.63) is 98.0 Å². The molecule has 0 saturated heterocycles. The summed E-state index contributed by atoms with van der Waals surface area (Å²) >= 11 is 1.37. The van der Waals surface area contributed by atoms with E-state index in [1.54, 1.807) is 24.3 Å². The van der Waals surface area contributed by atoms with Gasteiger partial charge in [-0.3, -0.25) is 25.2 Å². The Kier molecular flexibility index (Phi) is 5.33. The summed E-state index contributed by atoms with van der Waals surface area (Å²) in [5, 5.41) is 22.5. The van der Waals surface area contributed by atoms with Crippen molar-refractivity contribution in [2.24, 2.45) is 10.1 Å². The van der Waals surface area contributed by atoms with Crippen LogP contribution in [0.5, 0.6) is 11.5 Å². The number of nitro groups is 1. The van der Waals surface area contributed by atoms with E-state index in [4.69, 9.17) is 19.6 Å². The van der Waals surface area contributed by atoms with Gasteiger partial charge in [0, 0.05) is 11.0 Å². The summed E-state index contributed by atoms with van der Waals surface area (Å²) in [6.07, 6.45) is -0.953. The number of hydrogen-bond acceptors (Lipinski definition) is 9. The van der Waals surface area contributed by atoms with E-state index < -0.39 is 11.1 Å². The topological polar surface area (TPSA) is 119 Å². The van der Waals surface area contributed by atoms with Gasteiger partial charge in [0.25, 0.3) is 11.6 Å². The number of aryl methyl sites for hydroxylation is 1. The summed E-state index contributed by atoms with van der Waals surface area (Å²) in [5.74, 6) is 0.906. The Morgan fingerprint density at radius 2 is 1.89 bits per heavy atom. The summed E-state index contributed by atoms with van der Waals surface area (Å²) < 4.78 is 10.8. The van der Waals surface area contributed by atoms with Crippen molar-refractivity contribution in [1.29, 1.82) is 0 Å². The van der Waals surface area contributed by atoms with Crippen molar-refractivity contribution in [3.8, 4) is 11.5 Å². The third-order valence-corrected chi connectivity index (χ3v) is 6.94. The molecular formula is C25H19N5O5S. The van der Waals surface area contributed by atoms with Gasteiger partial charge in [-0.1, -0.05) is 59.8 Å². The van der Waals surface area contributed by atoms with Crippen LogP contribution < -0.4 is 25.4 Å². The summed E-state index contributed by atoms with van der Waals surface area (Å²) in [5.41, 5.74) is 2.57. The van der Waals surface area contributed by atoms with E-state index >= 15 is 0 Å². The predicted molar refractivity (Wildman–Crippen MR) is 132 cm³/mol. The van der Waals surface area contributed by atoms with Gasteiger partial charge in [0.15, 0.2) is 22.8 Å². The first kappa shape index (κ1) is 22.1. The SMILES string of the molecule is Cc1ccc(CSC2=NN3C(=c4ccccc4=NC3c3cc4c(cc3[N+](=O)[O-])OCO4)C(=O)N2)cc1. The van der Waals surface area contributed by atoms with Crippen LogP contribution in [-0.4, -0.2) is 27.8 Å². The predicted octanol–water partition coefficient (Wildman–Crippen LogP) is 2.71. The quantitative estimate of drug-likeness (QED) is 0.431. The highest BCUT2D eigenvalue weighted by molar-refractivity contribution is 8.13. The van der Waals surface area contributed by atoms with Crippen LogP contribution in [0.2, 0.25) is 0 Å². The van der Waals surface area contributed by atoms with Gasteiger partial charge >= 0.3 is 0 Å². The molecule has 10 nitrogen and oxygen atoms in total. The van der Waals surface area contributed by atoms with Crippen molar-refractivity contribution >= 4 is 34.2 Å². The number of rotatable bonds is 4. The molecule has 3 aliphatic rings. The molecule has 3 heterocycles.